The van der Waals surface area contributed by atoms with Crippen LogP contribution in [0.15, 0.2) is 48.0 Å². The lowest BCUT2D eigenvalue weighted by molar-refractivity contribution is -0.136. The van der Waals surface area contributed by atoms with Crippen LogP contribution in [0.4, 0.5) is 5.69 Å². The number of piperidine rings is 1. The van der Waals surface area contributed by atoms with Gasteiger partial charge < -0.3 is 10.3 Å². The Labute approximate surface area is 246 Å². The van der Waals surface area contributed by atoms with Gasteiger partial charge in [0.1, 0.15) is 6.04 Å². The molecule has 9 heteroatoms. The van der Waals surface area contributed by atoms with Crippen molar-refractivity contribution in [1.29, 1.82) is 0 Å². The van der Waals surface area contributed by atoms with E-state index in [0.717, 1.165) is 61.8 Å². The zero-order valence-electron chi connectivity index (χ0n) is 23.8. The minimum atomic E-state index is -0.595. The van der Waals surface area contributed by atoms with Crippen LogP contribution >= 0.6 is 11.6 Å². The molecule has 1 atom stereocenters. The van der Waals surface area contributed by atoms with Gasteiger partial charge >= 0.3 is 0 Å². The number of hydrogen-bond acceptors (Lipinski definition) is 6. The second-order valence-electron chi connectivity index (χ2n) is 12.6. The number of halogens is 1. The predicted octanol–water partition coefficient (Wildman–Crippen LogP) is 4.71. The molecule has 2 N–H and O–H groups in total. The molecule has 1 unspecified atom stereocenters. The number of nitrogens with one attached hydrogen (secondary N) is 2. The number of hydrazine groups is 1. The number of rotatable bonds is 6. The van der Waals surface area contributed by atoms with Gasteiger partial charge in [-0.25, -0.2) is 5.01 Å². The Morgan fingerprint density at radius 1 is 1.00 bits per heavy atom. The van der Waals surface area contributed by atoms with Gasteiger partial charge in [0.15, 0.2) is 0 Å². The van der Waals surface area contributed by atoms with E-state index in [1.807, 2.05) is 30.3 Å². The third kappa shape index (κ3) is 6.05. The number of hydrogen-bond donors (Lipinski definition) is 2. The van der Waals surface area contributed by atoms with Crippen molar-refractivity contribution in [3.05, 3.63) is 69.8 Å². The van der Waals surface area contributed by atoms with Gasteiger partial charge in [0.2, 0.25) is 11.8 Å². The van der Waals surface area contributed by atoms with Crippen LogP contribution in [0.3, 0.4) is 0 Å². The van der Waals surface area contributed by atoms with Gasteiger partial charge in [0, 0.05) is 62.0 Å². The number of carbonyl (C=O) groups is 3. The van der Waals surface area contributed by atoms with Gasteiger partial charge in [-0.1, -0.05) is 43.2 Å². The van der Waals surface area contributed by atoms with Gasteiger partial charge in [-0.15, -0.1) is 0 Å². The molecule has 3 aliphatic heterocycles. The molecule has 216 valence electrons. The summed E-state index contributed by atoms with van der Waals surface area (Å²) in [4.78, 5) is 41.0. The standard InChI is InChI=1S/C32H38ClN5O3/c1-32(2)12-11-22(27(18-32)21-3-5-24(33)6-4-21)19-36-13-15-37(16-14-36)35-25-7-8-26-23(17-25)20-38(31(26)41)28-9-10-29(39)34-30(28)40/h3-8,17,28,35H,9-16,18-20H2,1-2H3,(H,34,39,40). The molecule has 2 aromatic rings. The molecule has 0 radical (unpaired) electrons. The van der Waals surface area contributed by atoms with E-state index in [4.69, 9.17) is 11.6 Å². The Bertz CT molecular complexity index is 1390. The molecular weight excluding hydrogens is 538 g/mol. The fourth-order valence-corrected chi connectivity index (χ4v) is 6.70. The highest BCUT2D eigenvalue weighted by atomic mass is 35.5. The lowest BCUT2D eigenvalue weighted by atomic mass is 9.72. The topological polar surface area (TPSA) is 85.0 Å². The van der Waals surface area contributed by atoms with Crippen LogP contribution in [0.25, 0.3) is 5.57 Å². The van der Waals surface area contributed by atoms with Gasteiger partial charge in [0.05, 0.1) is 0 Å². The van der Waals surface area contributed by atoms with Crippen LogP contribution in [-0.2, 0) is 16.1 Å². The van der Waals surface area contributed by atoms with E-state index in [1.54, 1.807) is 10.5 Å². The highest BCUT2D eigenvalue weighted by Crippen LogP contribution is 2.43. The minimum absolute atomic E-state index is 0.145. The van der Waals surface area contributed by atoms with Gasteiger partial charge in [-0.3, -0.25) is 24.6 Å². The summed E-state index contributed by atoms with van der Waals surface area (Å²) in [7, 11) is 0. The van der Waals surface area contributed by atoms with Crippen LogP contribution < -0.4 is 10.7 Å². The normalized spacial score (nSPS) is 23.5. The first-order valence-electron chi connectivity index (χ1n) is 14.6. The monoisotopic (exact) mass is 575 g/mol. The maximum absolute atomic E-state index is 13.0. The van der Waals surface area contributed by atoms with E-state index in [-0.39, 0.29) is 24.1 Å². The number of fused-ring (bicyclic) bond motifs is 1. The van der Waals surface area contributed by atoms with E-state index in [9.17, 15) is 14.4 Å². The zero-order chi connectivity index (χ0) is 28.7. The summed E-state index contributed by atoms with van der Waals surface area (Å²) in [6.07, 6.45) is 4.06. The van der Waals surface area contributed by atoms with Crippen LogP contribution in [0, 0.1) is 5.41 Å². The predicted molar refractivity (Wildman–Crippen MR) is 160 cm³/mol. The third-order valence-corrected chi connectivity index (χ3v) is 9.23. The Kier molecular flexibility index (Phi) is 7.66. The molecule has 3 heterocycles. The Hall–Kier alpha value is -3.20. The summed E-state index contributed by atoms with van der Waals surface area (Å²) in [5, 5.41) is 5.38. The fraction of sp³-hybridized carbons (Fsp3) is 0.469. The second kappa shape index (κ2) is 11.2. The zero-order valence-corrected chi connectivity index (χ0v) is 24.6. The van der Waals surface area contributed by atoms with Gasteiger partial charge in [-0.05, 0) is 78.1 Å². The fourth-order valence-electron chi connectivity index (χ4n) is 6.58. The van der Waals surface area contributed by atoms with Crippen molar-refractivity contribution in [1.82, 2.24) is 20.1 Å². The van der Waals surface area contributed by atoms with Crippen LogP contribution in [-0.4, -0.2) is 71.3 Å². The lowest BCUT2D eigenvalue weighted by Crippen LogP contribution is -2.52. The highest BCUT2D eigenvalue weighted by Gasteiger charge is 2.39. The van der Waals surface area contributed by atoms with E-state index in [1.165, 1.54) is 17.6 Å². The van der Waals surface area contributed by atoms with Crippen molar-refractivity contribution >= 4 is 40.6 Å². The average molecular weight is 576 g/mol. The summed E-state index contributed by atoms with van der Waals surface area (Å²) in [5.74, 6) is -0.803. The Morgan fingerprint density at radius 3 is 2.49 bits per heavy atom. The summed E-state index contributed by atoms with van der Waals surface area (Å²) in [6.45, 7) is 9.85. The molecule has 8 nitrogen and oxygen atoms in total. The van der Waals surface area contributed by atoms with Crippen molar-refractivity contribution in [2.45, 2.75) is 58.5 Å². The first kappa shape index (κ1) is 27.9. The second-order valence-corrected chi connectivity index (χ2v) is 13.0. The Balaban J connectivity index is 1.07. The summed E-state index contributed by atoms with van der Waals surface area (Å²) >= 11 is 6.18. The summed E-state index contributed by atoms with van der Waals surface area (Å²) in [5.41, 5.74) is 10.7. The maximum Gasteiger partial charge on any atom is 0.255 e. The van der Waals surface area contributed by atoms with E-state index in [0.29, 0.717) is 23.9 Å². The number of imide groups is 1. The molecule has 0 saturated carbocycles. The molecule has 6 rings (SSSR count). The molecule has 2 fully saturated rings. The highest BCUT2D eigenvalue weighted by molar-refractivity contribution is 6.30. The first-order chi connectivity index (χ1) is 19.6. The molecule has 0 bridgehead atoms. The third-order valence-electron chi connectivity index (χ3n) is 8.98. The number of anilines is 1. The quantitative estimate of drug-likeness (QED) is 0.485. The Morgan fingerprint density at radius 2 is 1.76 bits per heavy atom. The lowest BCUT2D eigenvalue weighted by Gasteiger charge is -2.39. The van der Waals surface area contributed by atoms with Crippen LogP contribution in [0.5, 0.6) is 0 Å². The number of nitrogens with zero attached hydrogens (tertiary/aromatic N) is 3. The molecule has 0 aromatic heterocycles. The van der Waals surface area contributed by atoms with Crippen molar-refractivity contribution in [2.24, 2.45) is 5.41 Å². The number of allylic oxidation sites excluding steroid dienone is 1. The largest absolute Gasteiger partial charge is 0.322 e. The molecule has 2 aromatic carbocycles. The summed E-state index contributed by atoms with van der Waals surface area (Å²) < 4.78 is 0. The van der Waals surface area contributed by atoms with Gasteiger partial charge in [0.25, 0.3) is 5.91 Å². The number of carbonyl (C=O) groups excluding carboxylic acids is 3. The summed E-state index contributed by atoms with van der Waals surface area (Å²) in [6, 6.07) is 13.5. The van der Waals surface area contributed by atoms with Crippen molar-refractivity contribution in [3.63, 3.8) is 0 Å². The molecule has 41 heavy (non-hydrogen) atoms. The van der Waals surface area contributed by atoms with Crippen molar-refractivity contribution in [2.75, 3.05) is 38.1 Å². The number of benzene rings is 2. The molecule has 2 saturated heterocycles. The average Bonchev–Trinajstić information content (AvgIpc) is 3.26. The van der Waals surface area contributed by atoms with Crippen LogP contribution in [0.2, 0.25) is 5.02 Å². The molecule has 4 aliphatic rings. The van der Waals surface area contributed by atoms with E-state index in [2.05, 4.69) is 46.6 Å². The van der Waals surface area contributed by atoms with E-state index < -0.39 is 6.04 Å². The maximum atomic E-state index is 13.0. The number of piperazine rings is 1. The molecular formula is C32H38ClN5O3. The van der Waals surface area contributed by atoms with Crippen LogP contribution in [0.1, 0.15) is 67.4 Å². The minimum Gasteiger partial charge on any atom is -0.322 e. The number of amides is 3. The smallest absolute Gasteiger partial charge is 0.255 e. The molecule has 1 aliphatic carbocycles. The van der Waals surface area contributed by atoms with Gasteiger partial charge in [-0.2, -0.15) is 0 Å². The SMILES string of the molecule is CC1(C)CCC(CN2CCN(Nc3ccc4c(c3)CN(C3CCC(=O)NC3=O)C4=O)CC2)=C(c2ccc(Cl)cc2)C1. The molecule has 3 amide bonds. The van der Waals surface area contributed by atoms with Crippen molar-refractivity contribution < 1.29 is 14.4 Å². The molecule has 0 spiro atoms. The van der Waals surface area contributed by atoms with E-state index >= 15 is 0 Å². The first-order valence-corrected chi connectivity index (χ1v) is 15.0. The van der Waals surface area contributed by atoms with Crippen molar-refractivity contribution in [3.8, 4) is 0 Å².